The van der Waals surface area contributed by atoms with Gasteiger partial charge in [-0.2, -0.15) is 15.8 Å². The molecule has 29 heavy (non-hydrogen) atoms. The van der Waals surface area contributed by atoms with Gasteiger partial charge in [0.15, 0.2) is 0 Å². The summed E-state index contributed by atoms with van der Waals surface area (Å²) in [5.41, 5.74) is -1.62. The topological polar surface area (TPSA) is 77.8 Å². The third-order valence-corrected chi connectivity index (χ3v) is 8.11. The van der Waals surface area contributed by atoms with E-state index in [2.05, 4.69) is 25.7 Å². The van der Waals surface area contributed by atoms with Crippen LogP contribution in [0.5, 0.6) is 0 Å². The van der Waals surface area contributed by atoms with Crippen LogP contribution in [0.4, 0.5) is 0 Å². The quantitative estimate of drug-likeness (QED) is 0.257. The molecule has 0 aliphatic carbocycles. The lowest BCUT2D eigenvalue weighted by atomic mass is 9.90. The standard InChI is InChI=1S/C20H31N5S4/c1-4-7-11-24(12-8-5-2)18(26)28-29-19(27)25(13-9-6-3)14-10-20(15-21,16-22)17-23/h4-14H2,1-3H3. The minimum Gasteiger partial charge on any atom is -0.357 e. The highest BCUT2D eigenvalue weighted by Crippen LogP contribution is 2.30. The van der Waals surface area contributed by atoms with E-state index >= 15 is 0 Å². The summed E-state index contributed by atoms with van der Waals surface area (Å²) in [6.45, 7) is 9.52. The Labute approximate surface area is 195 Å². The van der Waals surface area contributed by atoms with Gasteiger partial charge in [0.25, 0.3) is 0 Å². The zero-order chi connectivity index (χ0) is 22.1. The van der Waals surface area contributed by atoms with Crippen LogP contribution in [-0.2, 0) is 0 Å². The first-order valence-electron chi connectivity index (χ1n) is 10.1. The minimum atomic E-state index is -1.62. The molecule has 0 aromatic rings. The van der Waals surface area contributed by atoms with E-state index in [1.807, 2.05) is 23.1 Å². The molecule has 5 nitrogen and oxygen atoms in total. The largest absolute Gasteiger partial charge is 0.357 e. The first kappa shape index (κ1) is 27.9. The lowest BCUT2D eigenvalue weighted by Gasteiger charge is -2.27. The highest BCUT2D eigenvalue weighted by Gasteiger charge is 2.31. The number of unbranched alkanes of at least 4 members (excludes halogenated alkanes) is 3. The van der Waals surface area contributed by atoms with E-state index in [4.69, 9.17) is 24.4 Å². The number of nitriles is 3. The van der Waals surface area contributed by atoms with Gasteiger partial charge in [0.1, 0.15) is 26.8 Å². The van der Waals surface area contributed by atoms with E-state index in [0.717, 1.165) is 62.5 Å². The van der Waals surface area contributed by atoms with Gasteiger partial charge in [0, 0.05) is 32.6 Å². The third-order valence-electron chi connectivity index (χ3n) is 4.37. The van der Waals surface area contributed by atoms with E-state index in [1.165, 1.54) is 21.6 Å². The molecule has 0 saturated heterocycles. The van der Waals surface area contributed by atoms with Gasteiger partial charge in [0.2, 0.25) is 5.41 Å². The van der Waals surface area contributed by atoms with Crippen molar-refractivity contribution in [3.8, 4) is 18.2 Å². The van der Waals surface area contributed by atoms with Crippen LogP contribution in [0.2, 0.25) is 0 Å². The molecule has 0 spiro atoms. The van der Waals surface area contributed by atoms with Crippen molar-refractivity contribution in [1.82, 2.24) is 9.80 Å². The van der Waals surface area contributed by atoms with Gasteiger partial charge in [-0.05, 0) is 40.9 Å². The molecule has 0 fully saturated rings. The van der Waals surface area contributed by atoms with Crippen LogP contribution in [0.3, 0.4) is 0 Å². The van der Waals surface area contributed by atoms with Crippen molar-refractivity contribution in [3.05, 3.63) is 0 Å². The van der Waals surface area contributed by atoms with Crippen molar-refractivity contribution in [3.63, 3.8) is 0 Å². The summed E-state index contributed by atoms with van der Waals surface area (Å²) in [6, 6.07) is 5.51. The maximum atomic E-state index is 9.20. The zero-order valence-corrected chi connectivity index (χ0v) is 20.9. The van der Waals surface area contributed by atoms with Crippen LogP contribution in [0.1, 0.15) is 65.7 Å². The summed E-state index contributed by atoms with van der Waals surface area (Å²) in [4.78, 5) is 4.24. The Morgan fingerprint density at radius 3 is 1.38 bits per heavy atom. The molecule has 0 rings (SSSR count). The van der Waals surface area contributed by atoms with Gasteiger partial charge in [-0.15, -0.1) is 0 Å². The van der Waals surface area contributed by atoms with Crippen molar-refractivity contribution < 1.29 is 0 Å². The molecule has 0 aliphatic rings. The molecule has 160 valence electrons. The SMILES string of the molecule is CCCCN(CCCC)C(=S)SSC(=S)N(CCCC)CCC(C#N)(C#N)C#N. The van der Waals surface area contributed by atoms with E-state index < -0.39 is 5.41 Å². The number of nitrogens with zero attached hydrogens (tertiary/aromatic N) is 5. The highest BCUT2D eigenvalue weighted by atomic mass is 33.1. The van der Waals surface area contributed by atoms with Gasteiger partial charge in [-0.25, -0.2) is 0 Å². The van der Waals surface area contributed by atoms with E-state index in [1.54, 1.807) is 0 Å². The molecule has 9 heteroatoms. The Morgan fingerprint density at radius 2 is 1.07 bits per heavy atom. The summed E-state index contributed by atoms with van der Waals surface area (Å²) < 4.78 is 1.52. The lowest BCUT2D eigenvalue weighted by Crippen LogP contribution is -2.33. The van der Waals surface area contributed by atoms with Gasteiger partial charge < -0.3 is 9.80 Å². The van der Waals surface area contributed by atoms with Crippen LogP contribution >= 0.6 is 46.0 Å². The van der Waals surface area contributed by atoms with Gasteiger partial charge in [0.05, 0.1) is 0 Å². The van der Waals surface area contributed by atoms with Crippen molar-refractivity contribution in [2.24, 2.45) is 5.41 Å². The second kappa shape index (κ2) is 16.7. The van der Waals surface area contributed by atoms with Gasteiger partial charge >= 0.3 is 0 Å². The summed E-state index contributed by atoms with van der Waals surface area (Å²) >= 11 is 11.2. The monoisotopic (exact) mass is 469 g/mol. The normalized spacial score (nSPS) is 10.5. The number of thiocarbonyl (C=S) groups is 2. The predicted octanol–water partition coefficient (Wildman–Crippen LogP) is 5.89. The Hall–Kier alpha value is -1.05. The van der Waals surface area contributed by atoms with Crippen LogP contribution < -0.4 is 0 Å². The average molecular weight is 470 g/mol. The molecule has 0 aromatic heterocycles. The fraction of sp³-hybridized carbons (Fsp3) is 0.750. The summed E-state index contributed by atoms with van der Waals surface area (Å²) in [7, 11) is 2.96. The smallest absolute Gasteiger partial charge is 0.230 e. The second-order valence-electron chi connectivity index (χ2n) is 6.72. The van der Waals surface area contributed by atoms with Crippen molar-refractivity contribution >= 4 is 54.7 Å². The molecule has 0 radical (unpaired) electrons. The average Bonchev–Trinajstić information content (AvgIpc) is 2.75. The molecule has 0 heterocycles. The highest BCUT2D eigenvalue weighted by molar-refractivity contribution is 8.89. The van der Waals surface area contributed by atoms with Crippen LogP contribution in [-0.4, -0.2) is 44.6 Å². The first-order valence-corrected chi connectivity index (χ1v) is 13.1. The molecule has 0 unspecified atom stereocenters. The summed E-state index contributed by atoms with van der Waals surface area (Å²) in [5.74, 6) is 0. The maximum Gasteiger partial charge on any atom is 0.230 e. The molecular weight excluding hydrogens is 439 g/mol. The molecule has 0 bridgehead atoms. The van der Waals surface area contributed by atoms with E-state index in [9.17, 15) is 15.8 Å². The third kappa shape index (κ3) is 11.1. The molecule has 0 saturated carbocycles. The summed E-state index contributed by atoms with van der Waals surface area (Å²) in [6.07, 6.45) is 6.59. The fourth-order valence-corrected chi connectivity index (χ4v) is 5.11. The molecule has 0 N–H and O–H groups in total. The van der Waals surface area contributed by atoms with Crippen molar-refractivity contribution in [1.29, 1.82) is 15.8 Å². The predicted molar refractivity (Wildman–Crippen MR) is 132 cm³/mol. The number of hydrogen-bond acceptors (Lipinski definition) is 7. The van der Waals surface area contributed by atoms with Gasteiger partial charge in [-0.3, -0.25) is 0 Å². The van der Waals surface area contributed by atoms with Gasteiger partial charge in [-0.1, -0.05) is 64.5 Å². The Balaban J connectivity index is 4.91. The molecular formula is C20H31N5S4. The van der Waals surface area contributed by atoms with Crippen molar-refractivity contribution in [2.45, 2.75) is 65.7 Å². The molecule has 0 aliphatic heterocycles. The second-order valence-corrected chi connectivity index (χ2v) is 10.1. The Kier molecular flexibility index (Phi) is 16.1. The van der Waals surface area contributed by atoms with Crippen LogP contribution in [0.15, 0.2) is 0 Å². The van der Waals surface area contributed by atoms with E-state index in [-0.39, 0.29) is 6.42 Å². The zero-order valence-electron chi connectivity index (χ0n) is 17.6. The number of rotatable bonds is 12. The van der Waals surface area contributed by atoms with Crippen molar-refractivity contribution in [2.75, 3.05) is 26.2 Å². The molecule has 0 atom stereocenters. The van der Waals surface area contributed by atoms with E-state index in [0.29, 0.717) is 10.9 Å². The minimum absolute atomic E-state index is 0.148. The maximum absolute atomic E-state index is 9.20. The fourth-order valence-electron chi connectivity index (χ4n) is 2.36. The molecule has 0 amide bonds. The van der Waals surface area contributed by atoms with Crippen LogP contribution in [0.25, 0.3) is 0 Å². The Bertz CT molecular complexity index is 588. The van der Waals surface area contributed by atoms with Crippen LogP contribution in [0, 0.1) is 39.4 Å². The first-order chi connectivity index (χ1) is 13.9. The molecule has 0 aromatic carbocycles. The Morgan fingerprint density at radius 1 is 0.724 bits per heavy atom. The number of hydrogen-bond donors (Lipinski definition) is 0. The lowest BCUT2D eigenvalue weighted by molar-refractivity contribution is 0.385. The summed E-state index contributed by atoms with van der Waals surface area (Å²) in [5, 5.41) is 27.6.